The second-order valence-corrected chi connectivity index (χ2v) is 9.46. The number of ether oxygens (including phenoxy) is 2. The minimum absolute atomic E-state index is 0.0117. The minimum atomic E-state index is -7.74. The summed E-state index contributed by atoms with van der Waals surface area (Å²) in [4.78, 5) is 24.8. The Morgan fingerprint density at radius 1 is 0.787 bits per heavy atom. The lowest BCUT2D eigenvalue weighted by Gasteiger charge is -2.38. The molecule has 17 heteroatoms. The van der Waals surface area contributed by atoms with Gasteiger partial charge in [0.15, 0.2) is 6.61 Å². The van der Waals surface area contributed by atoms with Crippen molar-refractivity contribution < 1.29 is 71.7 Å². The Morgan fingerprint density at radius 3 is 2.04 bits per heavy atom. The summed E-state index contributed by atoms with van der Waals surface area (Å²) >= 11 is 0. The maximum absolute atomic E-state index is 13.9. The number of hydrogen-bond donors (Lipinski definition) is 0. The molecule has 0 aliphatic carbocycles. The average molecular weight is 683 g/mol. The van der Waals surface area contributed by atoms with Gasteiger partial charge in [0.25, 0.3) is 0 Å². The molecule has 0 atom stereocenters. The van der Waals surface area contributed by atoms with Gasteiger partial charge in [0.05, 0.1) is 11.1 Å². The normalized spacial score (nSPS) is 13.0. The topological polar surface area (TPSA) is 76.4 Å². The van der Waals surface area contributed by atoms with Crippen LogP contribution in [0, 0.1) is 11.3 Å². The van der Waals surface area contributed by atoms with E-state index in [0.29, 0.717) is 11.6 Å². The van der Waals surface area contributed by atoms with Gasteiger partial charge < -0.3 is 9.47 Å². The lowest BCUT2D eigenvalue weighted by atomic mass is 9.94. The Hall–Kier alpha value is -5.01. The van der Waals surface area contributed by atoms with Crippen molar-refractivity contribution in [3.8, 4) is 22.9 Å². The highest BCUT2D eigenvalue weighted by Gasteiger charge is 2.87. The maximum Gasteiger partial charge on any atom is 0.384 e. The van der Waals surface area contributed by atoms with Crippen LogP contribution in [0.4, 0.5) is 52.7 Å². The standard InChI is InChI=1S/C30H17F12NO4/c31-25(32)27(35,36)29(39,40)30(41,42)28(37,38)26(33,34)16-46-23(44)13-12-17-6-5-8-18(14-17)20-9-2-3-10-21(20)24(45)47-22-11-4-1-7-19(22)15-43/h1-14,25H,16H2/b13-12+. The van der Waals surface area contributed by atoms with Crippen LogP contribution in [-0.2, 0) is 9.53 Å². The van der Waals surface area contributed by atoms with Gasteiger partial charge in [-0.05, 0) is 47.0 Å². The molecule has 0 saturated heterocycles. The van der Waals surface area contributed by atoms with E-state index >= 15 is 0 Å². The second kappa shape index (κ2) is 13.4. The first-order valence-corrected chi connectivity index (χ1v) is 12.6. The van der Waals surface area contributed by atoms with Crippen molar-refractivity contribution in [3.05, 3.63) is 95.6 Å². The highest BCUT2D eigenvalue weighted by molar-refractivity contribution is 5.99. The molecule has 0 unspecified atom stereocenters. The van der Waals surface area contributed by atoms with E-state index in [-0.39, 0.29) is 28.0 Å². The fourth-order valence-electron chi connectivity index (χ4n) is 3.76. The number of rotatable bonds is 12. The predicted molar refractivity (Wildman–Crippen MR) is 139 cm³/mol. The summed E-state index contributed by atoms with van der Waals surface area (Å²) in [7, 11) is 0. The molecular formula is C30H17F12NO4. The van der Waals surface area contributed by atoms with Crippen LogP contribution in [0.15, 0.2) is 78.9 Å². The molecule has 5 nitrogen and oxygen atoms in total. The van der Waals surface area contributed by atoms with Crippen molar-refractivity contribution >= 4 is 18.0 Å². The Balaban J connectivity index is 1.77. The van der Waals surface area contributed by atoms with Crippen LogP contribution >= 0.6 is 0 Å². The summed E-state index contributed by atoms with van der Waals surface area (Å²) in [5, 5.41) is 9.21. The van der Waals surface area contributed by atoms with Crippen molar-refractivity contribution in [1.82, 2.24) is 0 Å². The van der Waals surface area contributed by atoms with E-state index in [9.17, 15) is 67.5 Å². The minimum Gasteiger partial charge on any atom is -0.456 e. The van der Waals surface area contributed by atoms with Crippen LogP contribution in [0.25, 0.3) is 17.2 Å². The van der Waals surface area contributed by atoms with E-state index in [2.05, 4.69) is 4.74 Å². The molecule has 250 valence electrons. The SMILES string of the molecule is N#Cc1ccccc1OC(=O)c1ccccc1-c1cccc(/C=C/C(=O)OCC(F)(F)C(F)(F)C(F)(F)C(F)(F)C(F)(F)C(F)F)c1. The Labute approximate surface area is 256 Å². The maximum atomic E-state index is 13.9. The first kappa shape index (κ1) is 36.5. The van der Waals surface area contributed by atoms with E-state index in [0.717, 1.165) is 6.08 Å². The smallest absolute Gasteiger partial charge is 0.384 e. The summed E-state index contributed by atoms with van der Waals surface area (Å²) in [6.07, 6.45) is -4.47. The lowest BCUT2D eigenvalue weighted by molar-refractivity contribution is -0.414. The summed E-state index contributed by atoms with van der Waals surface area (Å²) in [6.45, 7) is -3.04. The van der Waals surface area contributed by atoms with E-state index < -0.39 is 54.6 Å². The van der Waals surface area contributed by atoms with Gasteiger partial charge in [0.1, 0.15) is 11.8 Å². The number of benzene rings is 3. The zero-order valence-corrected chi connectivity index (χ0v) is 23.0. The Morgan fingerprint density at radius 2 is 1.40 bits per heavy atom. The van der Waals surface area contributed by atoms with Gasteiger partial charge in [0, 0.05) is 6.08 Å². The molecule has 0 aliphatic heterocycles. The third kappa shape index (κ3) is 7.05. The molecule has 0 heterocycles. The molecule has 3 aromatic carbocycles. The molecule has 0 N–H and O–H groups in total. The fraction of sp³-hybridized carbons (Fsp3) is 0.233. The van der Waals surface area contributed by atoms with Gasteiger partial charge in [-0.15, -0.1) is 0 Å². The van der Waals surface area contributed by atoms with Crippen molar-refractivity contribution in [2.45, 2.75) is 36.0 Å². The average Bonchev–Trinajstić information content (AvgIpc) is 3.02. The van der Waals surface area contributed by atoms with Crippen molar-refractivity contribution in [3.63, 3.8) is 0 Å². The zero-order valence-electron chi connectivity index (χ0n) is 23.0. The number of alkyl halides is 12. The number of nitriles is 1. The summed E-state index contributed by atoms with van der Waals surface area (Å²) in [5.74, 6) is -39.2. The summed E-state index contributed by atoms with van der Waals surface area (Å²) < 4.78 is 169. The molecule has 3 rings (SSSR count). The third-order valence-electron chi connectivity index (χ3n) is 6.30. The highest BCUT2D eigenvalue weighted by Crippen LogP contribution is 2.58. The van der Waals surface area contributed by atoms with Crippen LogP contribution in [0.3, 0.4) is 0 Å². The van der Waals surface area contributed by atoms with Gasteiger partial charge in [-0.1, -0.05) is 48.5 Å². The van der Waals surface area contributed by atoms with Gasteiger partial charge in [-0.2, -0.15) is 49.2 Å². The molecule has 0 bridgehead atoms. The van der Waals surface area contributed by atoms with Crippen LogP contribution in [0.2, 0.25) is 0 Å². The predicted octanol–water partition coefficient (Wildman–Crippen LogP) is 8.44. The number of hydrogen-bond acceptors (Lipinski definition) is 5. The van der Waals surface area contributed by atoms with E-state index in [1.54, 1.807) is 12.1 Å². The van der Waals surface area contributed by atoms with Crippen molar-refractivity contribution in [1.29, 1.82) is 5.26 Å². The van der Waals surface area contributed by atoms with Gasteiger partial charge in [-0.3, -0.25) is 0 Å². The van der Waals surface area contributed by atoms with Crippen LogP contribution in [0.5, 0.6) is 5.75 Å². The molecule has 0 fully saturated rings. The zero-order chi connectivity index (χ0) is 35.4. The summed E-state index contributed by atoms with van der Waals surface area (Å²) in [5.41, 5.74) is 0.727. The van der Waals surface area contributed by atoms with Gasteiger partial charge in [-0.25, -0.2) is 18.4 Å². The molecule has 0 spiro atoms. The summed E-state index contributed by atoms with van der Waals surface area (Å²) in [6, 6.07) is 19.1. The number of para-hydroxylation sites is 1. The van der Waals surface area contributed by atoms with Crippen molar-refractivity contribution in [2.24, 2.45) is 0 Å². The van der Waals surface area contributed by atoms with Gasteiger partial charge >= 0.3 is 48.0 Å². The van der Waals surface area contributed by atoms with Crippen LogP contribution in [0.1, 0.15) is 21.5 Å². The fourth-order valence-corrected chi connectivity index (χ4v) is 3.76. The molecular weight excluding hydrogens is 666 g/mol. The highest BCUT2D eigenvalue weighted by atomic mass is 19.4. The largest absolute Gasteiger partial charge is 0.456 e. The number of halogens is 12. The molecule has 0 aliphatic rings. The Kier molecular flexibility index (Phi) is 10.4. The van der Waals surface area contributed by atoms with E-state index in [1.165, 1.54) is 60.7 Å². The number of nitrogens with zero attached hydrogens (tertiary/aromatic N) is 1. The molecule has 3 aromatic rings. The number of esters is 2. The van der Waals surface area contributed by atoms with Gasteiger partial charge in [0.2, 0.25) is 0 Å². The molecule has 0 saturated carbocycles. The van der Waals surface area contributed by atoms with Crippen molar-refractivity contribution in [2.75, 3.05) is 6.61 Å². The molecule has 0 aromatic heterocycles. The quantitative estimate of drug-likeness (QED) is 0.0830. The second-order valence-electron chi connectivity index (χ2n) is 9.46. The molecule has 0 radical (unpaired) electrons. The van der Waals surface area contributed by atoms with E-state index in [4.69, 9.17) is 4.74 Å². The van der Waals surface area contributed by atoms with Crippen LogP contribution in [-0.4, -0.2) is 54.6 Å². The number of carbonyl (C=O) groups is 2. The Bertz CT molecular complexity index is 1700. The first-order valence-electron chi connectivity index (χ1n) is 12.6. The monoisotopic (exact) mass is 683 g/mol. The van der Waals surface area contributed by atoms with E-state index in [1.807, 2.05) is 6.07 Å². The molecule has 47 heavy (non-hydrogen) atoms. The lowest BCUT2D eigenvalue weighted by Crippen LogP contribution is -2.69. The number of carbonyl (C=O) groups excluding carboxylic acids is 2. The first-order chi connectivity index (χ1) is 21.7. The van der Waals surface area contributed by atoms with Crippen LogP contribution < -0.4 is 4.74 Å². The molecule has 0 amide bonds. The third-order valence-corrected chi connectivity index (χ3v) is 6.30.